The molecule has 0 bridgehead atoms. The first-order valence-electron chi connectivity index (χ1n) is 11.5. The molecule has 3 aromatic heterocycles. The van der Waals surface area contributed by atoms with Crippen LogP contribution in [0.25, 0.3) is 11.0 Å². The molecule has 4 rings (SSSR count). The third-order valence-electron chi connectivity index (χ3n) is 6.96. The van der Waals surface area contributed by atoms with Crippen LogP contribution in [0.1, 0.15) is 77.3 Å². The van der Waals surface area contributed by atoms with E-state index in [-0.39, 0.29) is 10.8 Å². The molecule has 0 aliphatic carbocycles. The van der Waals surface area contributed by atoms with Crippen molar-refractivity contribution in [2.45, 2.75) is 84.7 Å². The summed E-state index contributed by atoms with van der Waals surface area (Å²) in [4.78, 5) is 11.6. The zero-order valence-electron chi connectivity index (χ0n) is 21.0. The monoisotopic (exact) mass is 420 g/mol. The Balaban J connectivity index is 0.000000179. The highest BCUT2D eigenvalue weighted by atomic mass is 15.1. The zero-order valence-corrected chi connectivity index (χ0v) is 21.0. The smallest absolute Gasteiger partial charge is 0.139 e. The fourth-order valence-corrected chi connectivity index (χ4v) is 3.86. The van der Waals surface area contributed by atoms with Crippen molar-refractivity contribution in [1.82, 2.24) is 19.4 Å². The number of aryl methyl sites for hydroxylation is 1. The van der Waals surface area contributed by atoms with Crippen LogP contribution in [-0.4, -0.2) is 32.5 Å². The van der Waals surface area contributed by atoms with Crippen LogP contribution in [0, 0.1) is 0 Å². The lowest BCUT2D eigenvalue weighted by atomic mass is 9.82. The lowest BCUT2D eigenvalue weighted by Gasteiger charge is -2.32. The molecule has 0 saturated heterocycles. The van der Waals surface area contributed by atoms with Crippen molar-refractivity contribution in [2.24, 2.45) is 7.05 Å². The fourth-order valence-electron chi connectivity index (χ4n) is 3.86. The summed E-state index contributed by atoms with van der Waals surface area (Å²) in [6.07, 6.45) is 8.34. The number of rotatable bonds is 2. The topological polar surface area (TPSA) is 34.0 Å². The predicted octanol–water partition coefficient (Wildman–Crippen LogP) is 6.02. The summed E-state index contributed by atoms with van der Waals surface area (Å²) in [6.45, 7) is 16.8. The van der Waals surface area contributed by atoms with Gasteiger partial charge < -0.3 is 4.57 Å². The van der Waals surface area contributed by atoms with Gasteiger partial charge >= 0.3 is 0 Å². The van der Waals surface area contributed by atoms with E-state index >= 15 is 0 Å². The molecule has 4 nitrogen and oxygen atoms in total. The molecule has 4 heterocycles. The Hall–Kier alpha value is -2.20. The van der Waals surface area contributed by atoms with Crippen molar-refractivity contribution < 1.29 is 0 Å². The maximum absolute atomic E-state index is 4.69. The van der Waals surface area contributed by atoms with E-state index in [1.807, 2.05) is 24.0 Å². The quantitative estimate of drug-likeness (QED) is 0.508. The lowest BCUT2D eigenvalue weighted by Crippen LogP contribution is -2.36. The van der Waals surface area contributed by atoms with Gasteiger partial charge in [-0.05, 0) is 60.0 Å². The van der Waals surface area contributed by atoms with E-state index < -0.39 is 0 Å². The van der Waals surface area contributed by atoms with Crippen LogP contribution in [0.15, 0.2) is 36.8 Å². The molecular weight excluding hydrogens is 380 g/mol. The molecule has 1 unspecified atom stereocenters. The van der Waals surface area contributed by atoms with Crippen molar-refractivity contribution >= 4 is 11.0 Å². The van der Waals surface area contributed by atoms with Gasteiger partial charge in [0.2, 0.25) is 0 Å². The van der Waals surface area contributed by atoms with E-state index in [9.17, 15) is 0 Å². The van der Waals surface area contributed by atoms with Crippen molar-refractivity contribution in [3.8, 4) is 0 Å². The van der Waals surface area contributed by atoms with E-state index in [4.69, 9.17) is 4.98 Å². The molecule has 168 valence electrons. The summed E-state index contributed by atoms with van der Waals surface area (Å²) >= 11 is 0. The van der Waals surface area contributed by atoms with Crippen molar-refractivity contribution in [3.05, 3.63) is 59.2 Å². The number of nitrogens with zero attached hydrogens (tertiary/aromatic N) is 4. The Morgan fingerprint density at radius 1 is 1.00 bits per heavy atom. The summed E-state index contributed by atoms with van der Waals surface area (Å²) in [5.41, 5.74) is 6.85. The van der Waals surface area contributed by atoms with Crippen LogP contribution in [0.3, 0.4) is 0 Å². The molecule has 3 aromatic rings. The number of likely N-dealkylation sites (N-methyl/N-ethyl adjacent to an activating group) is 1. The maximum atomic E-state index is 4.69. The van der Waals surface area contributed by atoms with Crippen LogP contribution in [0.4, 0.5) is 0 Å². The van der Waals surface area contributed by atoms with E-state index in [1.165, 1.54) is 27.8 Å². The average Bonchev–Trinajstić information content (AvgIpc) is 3.09. The predicted molar refractivity (Wildman–Crippen MR) is 132 cm³/mol. The van der Waals surface area contributed by atoms with Gasteiger partial charge in [-0.1, -0.05) is 47.6 Å². The third-order valence-corrected chi connectivity index (χ3v) is 6.96. The van der Waals surface area contributed by atoms with Gasteiger partial charge in [0.25, 0.3) is 0 Å². The molecule has 1 atom stereocenters. The highest BCUT2D eigenvalue weighted by Crippen LogP contribution is 2.29. The Labute approximate surface area is 188 Å². The van der Waals surface area contributed by atoms with E-state index in [1.54, 1.807) is 0 Å². The Bertz CT molecular complexity index is 1040. The lowest BCUT2D eigenvalue weighted by molar-refractivity contribution is 0.228. The summed E-state index contributed by atoms with van der Waals surface area (Å²) in [6, 6.07) is 7.31. The molecule has 0 radical (unpaired) electrons. The number of pyridine rings is 2. The largest absolute Gasteiger partial charge is 0.336 e. The van der Waals surface area contributed by atoms with Gasteiger partial charge in [-0.25, -0.2) is 4.98 Å². The van der Waals surface area contributed by atoms with Gasteiger partial charge in [0.1, 0.15) is 5.65 Å². The van der Waals surface area contributed by atoms with Gasteiger partial charge in [0.15, 0.2) is 0 Å². The van der Waals surface area contributed by atoms with Crippen LogP contribution in [0.2, 0.25) is 0 Å². The summed E-state index contributed by atoms with van der Waals surface area (Å²) in [5, 5.41) is 1.22. The number of hydrogen-bond acceptors (Lipinski definition) is 3. The minimum absolute atomic E-state index is 0.178. The van der Waals surface area contributed by atoms with Gasteiger partial charge in [-0.15, -0.1) is 0 Å². The van der Waals surface area contributed by atoms with Crippen LogP contribution in [-0.2, 0) is 30.8 Å². The molecule has 0 aromatic carbocycles. The Kier molecular flexibility index (Phi) is 6.61. The molecule has 0 spiro atoms. The second kappa shape index (κ2) is 8.74. The zero-order chi connectivity index (χ0) is 23.0. The second-order valence-electron chi connectivity index (χ2n) is 10.8. The van der Waals surface area contributed by atoms with Gasteiger partial charge in [0, 0.05) is 55.7 Å². The van der Waals surface area contributed by atoms with Crippen LogP contribution in [0.5, 0.6) is 0 Å². The normalized spacial score (nSPS) is 17.3. The molecule has 4 heteroatoms. The molecule has 0 amide bonds. The van der Waals surface area contributed by atoms with Crippen molar-refractivity contribution in [3.63, 3.8) is 0 Å². The second-order valence-corrected chi connectivity index (χ2v) is 10.8. The van der Waals surface area contributed by atoms with Crippen LogP contribution < -0.4 is 0 Å². The van der Waals surface area contributed by atoms with Gasteiger partial charge in [-0.3, -0.25) is 9.88 Å². The van der Waals surface area contributed by atoms with Crippen molar-refractivity contribution in [2.75, 3.05) is 7.05 Å². The standard InChI is InChI=1S/C15H24N2.C12H16N2/c1-6-15(3,4)13-8-12-10-17(5)11(2)7-14(12)16-9-13;1-12(2,3)10-7-9-5-6-14(4)11(9)13-8-10/h8-9,11H,6-7,10H2,1-5H3;5-8H,1-4H3. The van der Waals surface area contributed by atoms with Gasteiger partial charge in [0.05, 0.1) is 0 Å². The number of aromatic nitrogens is 3. The fraction of sp³-hybridized carbons (Fsp3) is 0.556. The first-order valence-corrected chi connectivity index (χ1v) is 11.5. The maximum Gasteiger partial charge on any atom is 0.139 e. The molecule has 1 aliphatic heterocycles. The molecule has 0 fully saturated rings. The first kappa shape index (κ1) is 23.5. The Morgan fingerprint density at radius 2 is 1.68 bits per heavy atom. The van der Waals surface area contributed by atoms with E-state index in [2.05, 4.69) is 89.8 Å². The first-order chi connectivity index (χ1) is 14.4. The average molecular weight is 421 g/mol. The molecule has 0 saturated carbocycles. The minimum Gasteiger partial charge on any atom is -0.336 e. The SMILES string of the molecule is CCC(C)(C)c1cnc2c(c1)CN(C)C(C)C2.Cn1ccc2cc(C(C)(C)C)cnc21. The molecule has 1 aliphatic rings. The summed E-state index contributed by atoms with van der Waals surface area (Å²) in [7, 11) is 4.22. The van der Waals surface area contributed by atoms with E-state index in [0.717, 1.165) is 25.0 Å². The molecule has 0 N–H and O–H groups in total. The summed E-state index contributed by atoms with van der Waals surface area (Å²) in [5.74, 6) is 0. The van der Waals surface area contributed by atoms with E-state index in [0.29, 0.717) is 6.04 Å². The highest BCUT2D eigenvalue weighted by Gasteiger charge is 2.24. The van der Waals surface area contributed by atoms with Gasteiger partial charge in [-0.2, -0.15) is 0 Å². The summed E-state index contributed by atoms with van der Waals surface area (Å²) < 4.78 is 2.04. The number of hydrogen-bond donors (Lipinski definition) is 0. The molecule has 31 heavy (non-hydrogen) atoms. The van der Waals surface area contributed by atoms with Crippen molar-refractivity contribution in [1.29, 1.82) is 0 Å². The third kappa shape index (κ3) is 5.17. The highest BCUT2D eigenvalue weighted by molar-refractivity contribution is 5.76. The molecular formula is C27H40N4. The minimum atomic E-state index is 0.178. The van der Waals surface area contributed by atoms with Crippen LogP contribution >= 0.6 is 0 Å². The Morgan fingerprint density at radius 3 is 2.32 bits per heavy atom. The number of fused-ring (bicyclic) bond motifs is 2.